The summed E-state index contributed by atoms with van der Waals surface area (Å²) in [6.45, 7) is 6.03. The second-order valence-corrected chi connectivity index (χ2v) is 5.02. The van der Waals surface area contributed by atoms with Crippen LogP contribution in [-0.4, -0.2) is 50.6 Å². The molecule has 0 unspecified atom stereocenters. The van der Waals surface area contributed by atoms with Crippen molar-refractivity contribution in [2.45, 2.75) is 26.3 Å². The standard InChI is InChI=1S/C11H19N5O3/c1-11(2,3)16(10(18)19)5-4-13-9-7(8(12)17)14-6-15-9/h6,13H,4-5H2,1-3H3,(H2,12,17)(H,14,15)(H,18,19). The molecule has 1 aromatic rings. The first-order valence-electron chi connectivity index (χ1n) is 5.81. The number of H-pyrrole nitrogens is 1. The number of hydrogen-bond donors (Lipinski definition) is 4. The van der Waals surface area contributed by atoms with Crippen molar-refractivity contribution in [3.8, 4) is 0 Å². The van der Waals surface area contributed by atoms with E-state index in [-0.39, 0.29) is 12.2 Å². The second kappa shape index (κ2) is 5.59. The molecule has 2 amide bonds. The molecule has 0 aliphatic heterocycles. The summed E-state index contributed by atoms with van der Waals surface area (Å²) in [7, 11) is 0. The highest BCUT2D eigenvalue weighted by atomic mass is 16.4. The number of carbonyl (C=O) groups excluding carboxylic acids is 1. The number of carboxylic acid groups (broad SMARTS) is 1. The van der Waals surface area contributed by atoms with E-state index in [1.165, 1.54) is 11.2 Å². The summed E-state index contributed by atoms with van der Waals surface area (Å²) in [4.78, 5) is 30.0. The number of aromatic nitrogens is 2. The predicted molar refractivity (Wildman–Crippen MR) is 70.1 cm³/mol. The van der Waals surface area contributed by atoms with Gasteiger partial charge in [-0.2, -0.15) is 0 Å². The zero-order valence-corrected chi connectivity index (χ0v) is 11.2. The van der Waals surface area contributed by atoms with Crippen LogP contribution in [0.3, 0.4) is 0 Å². The van der Waals surface area contributed by atoms with Crippen LogP contribution in [0.5, 0.6) is 0 Å². The monoisotopic (exact) mass is 269 g/mol. The van der Waals surface area contributed by atoms with Gasteiger partial charge in [-0.15, -0.1) is 0 Å². The quantitative estimate of drug-likeness (QED) is 0.626. The first-order chi connectivity index (χ1) is 8.73. The van der Waals surface area contributed by atoms with Gasteiger partial charge in [-0.1, -0.05) is 0 Å². The van der Waals surface area contributed by atoms with Crippen molar-refractivity contribution in [1.82, 2.24) is 14.9 Å². The first kappa shape index (κ1) is 14.8. The minimum Gasteiger partial charge on any atom is -0.465 e. The SMILES string of the molecule is CC(C)(C)N(CCNc1nc[nH]c1C(N)=O)C(=O)O. The Balaban J connectivity index is 2.60. The van der Waals surface area contributed by atoms with Gasteiger partial charge in [-0.05, 0) is 20.8 Å². The summed E-state index contributed by atoms with van der Waals surface area (Å²) >= 11 is 0. The molecular weight excluding hydrogens is 250 g/mol. The largest absolute Gasteiger partial charge is 0.465 e. The van der Waals surface area contributed by atoms with E-state index >= 15 is 0 Å². The highest BCUT2D eigenvalue weighted by Crippen LogP contribution is 2.13. The molecule has 1 rings (SSSR count). The summed E-state index contributed by atoms with van der Waals surface area (Å²) < 4.78 is 0. The molecule has 8 nitrogen and oxygen atoms in total. The number of aromatic amines is 1. The summed E-state index contributed by atoms with van der Waals surface area (Å²) in [5, 5.41) is 12.0. The normalized spacial score (nSPS) is 11.1. The minimum absolute atomic E-state index is 0.178. The van der Waals surface area contributed by atoms with Crippen molar-refractivity contribution in [1.29, 1.82) is 0 Å². The third kappa shape index (κ3) is 3.87. The van der Waals surface area contributed by atoms with Crippen molar-refractivity contribution in [3.05, 3.63) is 12.0 Å². The van der Waals surface area contributed by atoms with Gasteiger partial charge in [0, 0.05) is 18.6 Å². The Morgan fingerprint density at radius 2 is 2.16 bits per heavy atom. The average Bonchev–Trinajstić information content (AvgIpc) is 2.69. The molecule has 0 fully saturated rings. The lowest BCUT2D eigenvalue weighted by atomic mass is 10.1. The molecule has 1 aromatic heterocycles. The first-order valence-corrected chi connectivity index (χ1v) is 5.81. The second-order valence-electron chi connectivity index (χ2n) is 5.02. The number of amides is 2. The van der Waals surface area contributed by atoms with Crippen molar-refractivity contribution >= 4 is 17.8 Å². The molecule has 106 valence electrons. The Bertz CT molecular complexity index is 463. The van der Waals surface area contributed by atoms with Gasteiger partial charge in [0.15, 0.2) is 5.82 Å². The fraction of sp³-hybridized carbons (Fsp3) is 0.545. The van der Waals surface area contributed by atoms with Crippen LogP contribution < -0.4 is 11.1 Å². The topological polar surface area (TPSA) is 124 Å². The van der Waals surface area contributed by atoms with Crippen LogP contribution in [0.4, 0.5) is 10.6 Å². The molecular formula is C11H19N5O3. The average molecular weight is 269 g/mol. The Kier molecular flexibility index (Phi) is 4.36. The van der Waals surface area contributed by atoms with Gasteiger partial charge < -0.3 is 26.0 Å². The van der Waals surface area contributed by atoms with Gasteiger partial charge in [-0.3, -0.25) is 4.79 Å². The minimum atomic E-state index is -0.994. The Morgan fingerprint density at radius 1 is 1.53 bits per heavy atom. The summed E-state index contributed by atoms with van der Waals surface area (Å²) in [6.07, 6.45) is 0.354. The molecule has 0 radical (unpaired) electrons. The maximum atomic E-state index is 11.1. The predicted octanol–water partition coefficient (Wildman–Crippen LogP) is 0.699. The Hall–Kier alpha value is -2.25. The molecule has 0 bridgehead atoms. The molecule has 19 heavy (non-hydrogen) atoms. The number of anilines is 1. The zero-order chi connectivity index (χ0) is 14.6. The van der Waals surface area contributed by atoms with E-state index in [2.05, 4.69) is 15.3 Å². The molecule has 0 spiro atoms. The number of nitrogens with zero attached hydrogens (tertiary/aromatic N) is 2. The molecule has 0 saturated carbocycles. The number of imidazole rings is 1. The van der Waals surface area contributed by atoms with Crippen molar-refractivity contribution in [3.63, 3.8) is 0 Å². The van der Waals surface area contributed by atoms with E-state index < -0.39 is 17.5 Å². The highest BCUT2D eigenvalue weighted by Gasteiger charge is 2.25. The number of rotatable bonds is 5. The lowest BCUT2D eigenvalue weighted by Crippen LogP contribution is -2.47. The van der Waals surface area contributed by atoms with Gasteiger partial charge in [0.25, 0.3) is 5.91 Å². The third-order valence-electron chi connectivity index (χ3n) is 2.55. The van der Waals surface area contributed by atoms with E-state index in [1.807, 2.05) is 20.8 Å². The van der Waals surface area contributed by atoms with E-state index in [4.69, 9.17) is 10.8 Å². The van der Waals surface area contributed by atoms with Gasteiger partial charge in [0.1, 0.15) is 5.69 Å². The van der Waals surface area contributed by atoms with Crippen molar-refractivity contribution < 1.29 is 14.7 Å². The van der Waals surface area contributed by atoms with Gasteiger partial charge in [0.2, 0.25) is 0 Å². The number of primary amides is 1. The van der Waals surface area contributed by atoms with Crippen LogP contribution in [0.2, 0.25) is 0 Å². The molecule has 0 aromatic carbocycles. The van der Waals surface area contributed by atoms with Crippen LogP contribution in [0, 0.1) is 0 Å². The molecule has 0 atom stereocenters. The molecule has 1 heterocycles. The Morgan fingerprint density at radius 3 is 2.63 bits per heavy atom. The molecule has 5 N–H and O–H groups in total. The lowest BCUT2D eigenvalue weighted by Gasteiger charge is -2.33. The summed E-state index contributed by atoms with van der Waals surface area (Å²) in [5.41, 5.74) is 4.84. The smallest absolute Gasteiger partial charge is 0.407 e. The number of hydrogen-bond acceptors (Lipinski definition) is 4. The number of nitrogens with one attached hydrogen (secondary N) is 2. The van der Waals surface area contributed by atoms with E-state index in [1.54, 1.807) is 0 Å². The van der Waals surface area contributed by atoms with E-state index in [0.717, 1.165) is 0 Å². The van der Waals surface area contributed by atoms with Gasteiger partial charge in [0.05, 0.1) is 6.33 Å². The van der Waals surface area contributed by atoms with Gasteiger partial charge >= 0.3 is 6.09 Å². The van der Waals surface area contributed by atoms with Crippen molar-refractivity contribution in [2.75, 3.05) is 18.4 Å². The maximum absolute atomic E-state index is 11.1. The Labute approximate surface area is 111 Å². The summed E-state index contributed by atoms with van der Waals surface area (Å²) in [5.74, 6) is -0.294. The van der Waals surface area contributed by atoms with Crippen LogP contribution in [0.25, 0.3) is 0 Å². The number of nitrogens with two attached hydrogens (primary N) is 1. The molecule has 0 aliphatic rings. The lowest BCUT2D eigenvalue weighted by molar-refractivity contribution is 0.0991. The molecule has 0 saturated heterocycles. The molecule has 0 aliphatic carbocycles. The fourth-order valence-electron chi connectivity index (χ4n) is 1.62. The fourth-order valence-corrected chi connectivity index (χ4v) is 1.62. The van der Waals surface area contributed by atoms with Gasteiger partial charge in [-0.25, -0.2) is 9.78 Å². The van der Waals surface area contributed by atoms with E-state index in [9.17, 15) is 9.59 Å². The van der Waals surface area contributed by atoms with Crippen LogP contribution >= 0.6 is 0 Å². The summed E-state index contributed by atoms with van der Waals surface area (Å²) in [6, 6.07) is 0. The zero-order valence-electron chi connectivity index (χ0n) is 11.2. The van der Waals surface area contributed by atoms with E-state index in [0.29, 0.717) is 12.4 Å². The third-order valence-corrected chi connectivity index (χ3v) is 2.55. The van der Waals surface area contributed by atoms with Crippen LogP contribution in [-0.2, 0) is 0 Å². The number of carbonyl (C=O) groups is 2. The van der Waals surface area contributed by atoms with Crippen LogP contribution in [0.1, 0.15) is 31.3 Å². The van der Waals surface area contributed by atoms with Crippen molar-refractivity contribution in [2.24, 2.45) is 5.73 Å². The molecule has 8 heteroatoms. The highest BCUT2D eigenvalue weighted by molar-refractivity contribution is 5.95. The maximum Gasteiger partial charge on any atom is 0.407 e. The van der Waals surface area contributed by atoms with Crippen LogP contribution in [0.15, 0.2) is 6.33 Å².